The van der Waals surface area contributed by atoms with Crippen LogP contribution in [0.15, 0.2) is 36.7 Å². The molecule has 23 heavy (non-hydrogen) atoms. The molecule has 1 heterocycles. The lowest BCUT2D eigenvalue weighted by Crippen LogP contribution is -2.18. The molecule has 0 saturated carbocycles. The highest BCUT2D eigenvalue weighted by Crippen LogP contribution is 2.25. The smallest absolute Gasteiger partial charge is 0.337 e. The molecule has 0 amide bonds. The molecular weight excluding hydrogens is 300 g/mol. The van der Waals surface area contributed by atoms with Crippen molar-refractivity contribution in [1.29, 1.82) is 0 Å². The summed E-state index contributed by atoms with van der Waals surface area (Å²) in [5, 5.41) is 0. The molecule has 1 unspecified atom stereocenters. The predicted octanol–water partition coefficient (Wildman–Crippen LogP) is 1.98. The third kappa shape index (κ3) is 3.63. The van der Waals surface area contributed by atoms with Crippen LogP contribution in [-0.4, -0.2) is 34.5 Å². The van der Waals surface area contributed by atoms with Crippen LogP contribution in [0.5, 0.6) is 0 Å². The minimum atomic E-state index is -0.849. The van der Waals surface area contributed by atoms with Crippen LogP contribution in [0, 0.1) is 0 Å². The van der Waals surface area contributed by atoms with E-state index in [-0.39, 0.29) is 5.91 Å². The van der Waals surface area contributed by atoms with E-state index >= 15 is 0 Å². The highest BCUT2D eigenvalue weighted by molar-refractivity contribution is 5.89. The summed E-state index contributed by atoms with van der Waals surface area (Å²) in [6.45, 7) is 2.66. The van der Waals surface area contributed by atoms with Gasteiger partial charge in [-0.05, 0) is 12.1 Å². The zero-order chi connectivity index (χ0) is 17.0. The Morgan fingerprint density at radius 1 is 1.13 bits per heavy atom. The van der Waals surface area contributed by atoms with E-state index in [1.165, 1.54) is 37.9 Å². The molecule has 0 N–H and O–H groups in total. The molecule has 0 aliphatic heterocycles. The van der Waals surface area contributed by atoms with E-state index in [0.717, 1.165) is 0 Å². The van der Waals surface area contributed by atoms with E-state index in [4.69, 9.17) is 4.74 Å². The lowest BCUT2D eigenvalue weighted by molar-refractivity contribution is -0.145. The van der Waals surface area contributed by atoms with Crippen molar-refractivity contribution in [2.24, 2.45) is 0 Å². The minimum absolute atomic E-state index is 0.249. The maximum Gasteiger partial charge on any atom is 0.337 e. The largest absolute Gasteiger partial charge is 0.465 e. The van der Waals surface area contributed by atoms with Crippen molar-refractivity contribution in [1.82, 2.24) is 9.55 Å². The molecule has 0 aliphatic rings. The molecule has 120 valence electrons. The Bertz CT molecular complexity index is 733. The molecule has 1 aromatic heterocycles. The van der Waals surface area contributed by atoms with E-state index in [9.17, 15) is 14.4 Å². The van der Waals surface area contributed by atoms with E-state index in [1.807, 2.05) is 0 Å². The summed E-state index contributed by atoms with van der Waals surface area (Å²) >= 11 is 0. The maximum absolute atomic E-state index is 11.7. The van der Waals surface area contributed by atoms with Crippen molar-refractivity contribution in [3.8, 4) is 0 Å². The van der Waals surface area contributed by atoms with Crippen molar-refractivity contribution in [2.45, 2.75) is 20.0 Å². The number of hydrogen-bond donors (Lipinski definition) is 0. The first-order valence-electron chi connectivity index (χ1n) is 6.83. The number of carbonyl (C=O) groups excluding carboxylic acids is 3. The Balaban J connectivity index is 2.42. The van der Waals surface area contributed by atoms with Gasteiger partial charge in [0.05, 0.1) is 12.7 Å². The monoisotopic (exact) mass is 316 g/mol. The summed E-state index contributed by atoms with van der Waals surface area (Å²) in [5.41, 5.74) is 0.953. The zero-order valence-electron chi connectivity index (χ0n) is 13.0. The minimum Gasteiger partial charge on any atom is -0.465 e. The summed E-state index contributed by atoms with van der Waals surface area (Å²) in [7, 11) is 1.29. The fraction of sp³-hybridized carbons (Fsp3) is 0.250. The number of ether oxygens (including phenoxy) is 2. The van der Waals surface area contributed by atoms with Crippen LogP contribution in [0.3, 0.4) is 0 Å². The van der Waals surface area contributed by atoms with Gasteiger partial charge >= 0.3 is 11.9 Å². The second-order valence-corrected chi connectivity index (χ2v) is 4.78. The standard InChI is InChI=1S/C16H16N2O5/c1-10(19)18-9-8-17-15(18)14(23-11(2)20)12-4-6-13(7-5-12)16(21)22-3/h4-9,14H,1-3H3. The van der Waals surface area contributed by atoms with Crippen LogP contribution >= 0.6 is 0 Å². The second kappa shape index (κ2) is 6.87. The molecule has 1 aromatic carbocycles. The number of benzene rings is 1. The highest BCUT2D eigenvalue weighted by Gasteiger charge is 2.24. The molecule has 0 bridgehead atoms. The van der Waals surface area contributed by atoms with E-state index in [2.05, 4.69) is 9.72 Å². The molecule has 7 heteroatoms. The van der Waals surface area contributed by atoms with Crippen LogP contribution in [0.25, 0.3) is 0 Å². The van der Waals surface area contributed by atoms with E-state index < -0.39 is 18.0 Å². The van der Waals surface area contributed by atoms with Crippen molar-refractivity contribution in [3.05, 3.63) is 53.6 Å². The summed E-state index contributed by atoms with van der Waals surface area (Å²) in [6, 6.07) is 6.36. The van der Waals surface area contributed by atoms with Gasteiger partial charge in [-0.25, -0.2) is 9.78 Å². The van der Waals surface area contributed by atoms with Crippen molar-refractivity contribution in [3.63, 3.8) is 0 Å². The molecule has 0 spiro atoms. The maximum atomic E-state index is 11.7. The topological polar surface area (TPSA) is 87.5 Å². The van der Waals surface area contributed by atoms with Crippen molar-refractivity contribution < 1.29 is 23.9 Å². The van der Waals surface area contributed by atoms with Crippen LogP contribution < -0.4 is 0 Å². The van der Waals surface area contributed by atoms with E-state index in [0.29, 0.717) is 17.0 Å². The first kappa shape index (κ1) is 16.4. The van der Waals surface area contributed by atoms with Gasteiger partial charge in [-0.15, -0.1) is 0 Å². The van der Waals surface area contributed by atoms with Gasteiger partial charge in [-0.1, -0.05) is 12.1 Å². The number of methoxy groups -OCH3 is 1. The molecule has 2 aromatic rings. The number of esters is 2. The Kier molecular flexibility index (Phi) is 4.90. The Morgan fingerprint density at radius 3 is 2.30 bits per heavy atom. The fourth-order valence-corrected chi connectivity index (χ4v) is 2.12. The molecule has 0 saturated heterocycles. The lowest BCUT2D eigenvalue weighted by Gasteiger charge is -2.17. The zero-order valence-corrected chi connectivity index (χ0v) is 13.0. The summed E-state index contributed by atoms with van der Waals surface area (Å²) < 4.78 is 11.3. The van der Waals surface area contributed by atoms with Crippen LogP contribution in [0.4, 0.5) is 0 Å². The number of nitrogens with zero attached hydrogens (tertiary/aromatic N) is 2. The molecule has 0 aliphatic carbocycles. The van der Waals surface area contributed by atoms with Gasteiger partial charge in [0.1, 0.15) is 0 Å². The van der Waals surface area contributed by atoms with Gasteiger partial charge in [0.15, 0.2) is 11.9 Å². The highest BCUT2D eigenvalue weighted by atomic mass is 16.5. The fourth-order valence-electron chi connectivity index (χ4n) is 2.12. The third-order valence-corrected chi connectivity index (χ3v) is 3.16. The number of rotatable bonds is 4. The van der Waals surface area contributed by atoms with Crippen LogP contribution in [0.1, 0.15) is 46.5 Å². The van der Waals surface area contributed by atoms with Gasteiger partial charge in [0.2, 0.25) is 5.91 Å². The number of aromatic nitrogens is 2. The van der Waals surface area contributed by atoms with Gasteiger partial charge in [0, 0.05) is 31.8 Å². The summed E-state index contributed by atoms with van der Waals surface area (Å²) in [5.74, 6) is -0.935. The molecule has 0 radical (unpaired) electrons. The first-order valence-corrected chi connectivity index (χ1v) is 6.83. The van der Waals surface area contributed by atoms with Gasteiger partial charge in [-0.2, -0.15) is 0 Å². The summed E-state index contributed by atoms with van der Waals surface area (Å²) in [6.07, 6.45) is 2.10. The second-order valence-electron chi connectivity index (χ2n) is 4.78. The number of carbonyl (C=O) groups is 3. The predicted molar refractivity (Wildman–Crippen MR) is 79.9 cm³/mol. The third-order valence-electron chi connectivity index (χ3n) is 3.16. The number of imidazole rings is 1. The SMILES string of the molecule is COC(=O)c1ccc(C(OC(C)=O)c2nccn2C(C)=O)cc1. The quantitative estimate of drug-likeness (QED) is 0.802. The molecule has 0 fully saturated rings. The normalized spacial score (nSPS) is 11.6. The molecule has 7 nitrogen and oxygen atoms in total. The van der Waals surface area contributed by atoms with Gasteiger partial charge < -0.3 is 9.47 Å². The molecular formula is C16H16N2O5. The van der Waals surface area contributed by atoms with Gasteiger partial charge in [0.25, 0.3) is 0 Å². The lowest BCUT2D eigenvalue weighted by atomic mass is 10.1. The van der Waals surface area contributed by atoms with Crippen molar-refractivity contribution >= 4 is 17.8 Å². The average molecular weight is 316 g/mol. The Hall–Kier alpha value is -2.96. The molecule has 1 atom stereocenters. The average Bonchev–Trinajstić information content (AvgIpc) is 3.01. The number of hydrogen-bond acceptors (Lipinski definition) is 6. The summed E-state index contributed by atoms with van der Waals surface area (Å²) in [4.78, 5) is 38.6. The Labute approximate surface area is 132 Å². The van der Waals surface area contributed by atoms with Crippen LogP contribution in [-0.2, 0) is 14.3 Å². The van der Waals surface area contributed by atoms with Crippen molar-refractivity contribution in [2.75, 3.05) is 7.11 Å². The molecule has 2 rings (SSSR count). The first-order chi connectivity index (χ1) is 10.9. The van der Waals surface area contributed by atoms with E-state index in [1.54, 1.807) is 24.3 Å². The van der Waals surface area contributed by atoms with Gasteiger partial charge in [-0.3, -0.25) is 14.2 Å². The van der Waals surface area contributed by atoms with Crippen LogP contribution in [0.2, 0.25) is 0 Å². The Morgan fingerprint density at radius 2 is 1.78 bits per heavy atom.